The summed E-state index contributed by atoms with van der Waals surface area (Å²) in [6, 6.07) is 3.81. The van der Waals surface area contributed by atoms with E-state index in [0.29, 0.717) is 5.95 Å². The van der Waals surface area contributed by atoms with E-state index in [4.69, 9.17) is 4.74 Å². The second kappa shape index (κ2) is 6.98. The Morgan fingerprint density at radius 3 is 2.75 bits per heavy atom. The van der Waals surface area contributed by atoms with E-state index in [9.17, 15) is 0 Å². The Bertz CT molecular complexity index is 650. The molecule has 0 spiro atoms. The van der Waals surface area contributed by atoms with Gasteiger partial charge in [-0.1, -0.05) is 13.8 Å². The van der Waals surface area contributed by atoms with Gasteiger partial charge in [-0.3, -0.25) is 4.98 Å². The van der Waals surface area contributed by atoms with Crippen molar-refractivity contribution < 1.29 is 4.74 Å². The van der Waals surface area contributed by atoms with E-state index in [1.165, 1.54) is 0 Å². The molecule has 1 unspecified atom stereocenters. The van der Waals surface area contributed by atoms with Crippen LogP contribution in [0.1, 0.15) is 32.0 Å². The van der Waals surface area contributed by atoms with E-state index in [1.807, 2.05) is 31.1 Å². The van der Waals surface area contributed by atoms with E-state index in [0.717, 1.165) is 37.0 Å². The molecule has 1 saturated heterocycles. The Kier molecular flexibility index (Phi) is 4.78. The molecule has 1 fully saturated rings. The number of rotatable bonds is 5. The lowest BCUT2D eigenvalue weighted by molar-refractivity contribution is 0.224. The number of anilines is 2. The molecule has 0 bridgehead atoms. The minimum atomic E-state index is 0.122. The van der Waals surface area contributed by atoms with Gasteiger partial charge >= 0.3 is 0 Å². The Morgan fingerprint density at radius 2 is 2.08 bits per heavy atom. The molecule has 0 N–H and O–H groups in total. The summed E-state index contributed by atoms with van der Waals surface area (Å²) < 4.78 is 6.00. The predicted molar refractivity (Wildman–Crippen MR) is 93.7 cm³/mol. The number of ether oxygens (including phenoxy) is 1. The van der Waals surface area contributed by atoms with Gasteiger partial charge in [0.1, 0.15) is 17.7 Å². The minimum absolute atomic E-state index is 0.122. The third-order valence-corrected chi connectivity index (χ3v) is 3.91. The Morgan fingerprint density at radius 1 is 1.25 bits per heavy atom. The van der Waals surface area contributed by atoms with Crippen LogP contribution in [-0.4, -0.2) is 53.2 Å². The molecule has 3 heterocycles. The number of nitrogens with zero attached hydrogens (tertiary/aromatic N) is 6. The molecule has 3 rings (SSSR count). The summed E-state index contributed by atoms with van der Waals surface area (Å²) in [6.07, 6.45) is 4.55. The van der Waals surface area contributed by atoms with E-state index < -0.39 is 0 Å². The first-order chi connectivity index (χ1) is 11.5. The molecule has 7 nitrogen and oxygen atoms in total. The molecule has 0 aromatic carbocycles. The van der Waals surface area contributed by atoms with Gasteiger partial charge in [-0.25, -0.2) is 0 Å². The SMILES string of the molecule is CC(C)c1nc(N(C)C)nc(N2CCC(Oc3cccnc3)C2)n1. The lowest BCUT2D eigenvalue weighted by atomic mass is 10.2. The molecule has 1 aliphatic rings. The Balaban J connectivity index is 1.75. The van der Waals surface area contributed by atoms with E-state index in [1.54, 1.807) is 12.4 Å². The highest BCUT2D eigenvalue weighted by Crippen LogP contribution is 2.23. The third kappa shape index (κ3) is 3.72. The van der Waals surface area contributed by atoms with Gasteiger partial charge in [-0.15, -0.1) is 0 Å². The van der Waals surface area contributed by atoms with Crippen molar-refractivity contribution in [2.75, 3.05) is 37.0 Å². The number of pyridine rings is 1. The van der Waals surface area contributed by atoms with Gasteiger partial charge in [-0.05, 0) is 12.1 Å². The first-order valence-corrected chi connectivity index (χ1v) is 8.28. The van der Waals surface area contributed by atoms with Crippen LogP contribution in [0, 0.1) is 0 Å². The molecule has 1 atom stereocenters. The molecular formula is C17H24N6O. The monoisotopic (exact) mass is 328 g/mol. The predicted octanol–water partition coefficient (Wildman–Crippen LogP) is 2.11. The molecule has 0 radical (unpaired) electrons. The second-order valence-corrected chi connectivity index (χ2v) is 6.51. The maximum absolute atomic E-state index is 6.00. The van der Waals surface area contributed by atoms with Gasteiger partial charge in [0.05, 0.1) is 12.7 Å². The summed E-state index contributed by atoms with van der Waals surface area (Å²) in [6.45, 7) is 5.83. The second-order valence-electron chi connectivity index (χ2n) is 6.51. The Labute approximate surface area is 142 Å². The molecule has 2 aromatic heterocycles. The maximum Gasteiger partial charge on any atom is 0.230 e. The zero-order chi connectivity index (χ0) is 17.1. The van der Waals surface area contributed by atoms with Crippen LogP contribution < -0.4 is 14.5 Å². The maximum atomic E-state index is 6.00. The van der Waals surface area contributed by atoms with Crippen molar-refractivity contribution >= 4 is 11.9 Å². The van der Waals surface area contributed by atoms with Gasteiger partial charge in [0.25, 0.3) is 0 Å². The Hall–Kier alpha value is -2.44. The van der Waals surface area contributed by atoms with Crippen molar-refractivity contribution in [1.29, 1.82) is 0 Å². The largest absolute Gasteiger partial charge is 0.487 e. The molecule has 1 aliphatic heterocycles. The number of aromatic nitrogens is 4. The average molecular weight is 328 g/mol. The fourth-order valence-electron chi connectivity index (χ4n) is 2.58. The lowest BCUT2D eigenvalue weighted by Crippen LogP contribution is -2.27. The van der Waals surface area contributed by atoms with E-state index in [-0.39, 0.29) is 12.0 Å². The smallest absolute Gasteiger partial charge is 0.230 e. The van der Waals surface area contributed by atoms with Gasteiger partial charge < -0.3 is 14.5 Å². The van der Waals surface area contributed by atoms with Crippen molar-refractivity contribution in [2.24, 2.45) is 0 Å². The normalized spacial score (nSPS) is 17.4. The van der Waals surface area contributed by atoms with Gasteiger partial charge in [0, 0.05) is 39.2 Å². The highest BCUT2D eigenvalue weighted by Gasteiger charge is 2.27. The van der Waals surface area contributed by atoms with Crippen molar-refractivity contribution in [2.45, 2.75) is 32.3 Å². The van der Waals surface area contributed by atoms with Crippen LogP contribution in [0.25, 0.3) is 0 Å². The lowest BCUT2D eigenvalue weighted by Gasteiger charge is -2.20. The van der Waals surface area contributed by atoms with Crippen molar-refractivity contribution in [3.63, 3.8) is 0 Å². The fourth-order valence-corrected chi connectivity index (χ4v) is 2.58. The third-order valence-electron chi connectivity index (χ3n) is 3.91. The molecule has 24 heavy (non-hydrogen) atoms. The summed E-state index contributed by atoms with van der Waals surface area (Å²) in [5, 5.41) is 0. The molecule has 0 saturated carbocycles. The summed E-state index contributed by atoms with van der Waals surface area (Å²) in [5.41, 5.74) is 0. The first-order valence-electron chi connectivity index (χ1n) is 8.28. The summed E-state index contributed by atoms with van der Waals surface area (Å²) in [5.74, 6) is 3.31. The van der Waals surface area contributed by atoms with Gasteiger partial charge in [-0.2, -0.15) is 15.0 Å². The van der Waals surface area contributed by atoms with E-state index in [2.05, 4.69) is 38.7 Å². The first kappa shape index (κ1) is 16.4. The van der Waals surface area contributed by atoms with Crippen LogP contribution in [0.3, 0.4) is 0 Å². The van der Waals surface area contributed by atoms with Crippen LogP contribution in [0.15, 0.2) is 24.5 Å². The summed E-state index contributed by atoms with van der Waals surface area (Å²) in [7, 11) is 3.89. The van der Waals surface area contributed by atoms with E-state index >= 15 is 0 Å². The van der Waals surface area contributed by atoms with Crippen LogP contribution in [0.2, 0.25) is 0 Å². The van der Waals surface area contributed by atoms with Crippen molar-refractivity contribution in [1.82, 2.24) is 19.9 Å². The number of hydrogen-bond acceptors (Lipinski definition) is 7. The van der Waals surface area contributed by atoms with Crippen molar-refractivity contribution in [3.05, 3.63) is 30.4 Å². The zero-order valence-corrected chi connectivity index (χ0v) is 14.7. The summed E-state index contributed by atoms with van der Waals surface area (Å²) >= 11 is 0. The van der Waals surface area contributed by atoms with Crippen LogP contribution >= 0.6 is 0 Å². The average Bonchev–Trinajstić information content (AvgIpc) is 3.04. The highest BCUT2D eigenvalue weighted by atomic mass is 16.5. The molecule has 0 aliphatic carbocycles. The topological polar surface area (TPSA) is 67.3 Å². The fraction of sp³-hybridized carbons (Fsp3) is 0.529. The van der Waals surface area contributed by atoms with Crippen LogP contribution in [0.4, 0.5) is 11.9 Å². The zero-order valence-electron chi connectivity index (χ0n) is 14.7. The van der Waals surface area contributed by atoms with Crippen LogP contribution in [0.5, 0.6) is 5.75 Å². The number of hydrogen-bond donors (Lipinski definition) is 0. The standard InChI is InChI=1S/C17H24N6O/c1-12(2)15-19-16(22(3)4)21-17(20-15)23-9-7-14(11-23)24-13-6-5-8-18-10-13/h5-6,8,10,12,14H,7,9,11H2,1-4H3. The quantitative estimate of drug-likeness (QED) is 0.832. The molecule has 128 valence electrons. The van der Waals surface area contributed by atoms with Crippen LogP contribution in [-0.2, 0) is 0 Å². The molecular weight excluding hydrogens is 304 g/mol. The molecule has 7 heteroatoms. The molecule has 0 amide bonds. The van der Waals surface area contributed by atoms with Gasteiger partial charge in [0.15, 0.2) is 0 Å². The highest BCUT2D eigenvalue weighted by molar-refractivity contribution is 5.39. The molecule has 2 aromatic rings. The summed E-state index contributed by atoms with van der Waals surface area (Å²) in [4.78, 5) is 21.9. The van der Waals surface area contributed by atoms with Crippen molar-refractivity contribution in [3.8, 4) is 5.75 Å². The van der Waals surface area contributed by atoms with Gasteiger partial charge in [0.2, 0.25) is 11.9 Å². The minimum Gasteiger partial charge on any atom is -0.487 e.